The van der Waals surface area contributed by atoms with Crippen LogP contribution >= 0.6 is 0 Å². The number of anilines is 1. The Morgan fingerprint density at radius 2 is 1.53 bits per heavy atom. The van der Waals surface area contributed by atoms with Gasteiger partial charge in [0.15, 0.2) is 0 Å². The molecule has 0 atom stereocenters. The second-order valence-corrected chi connectivity index (χ2v) is 10.3. The van der Waals surface area contributed by atoms with E-state index in [9.17, 15) is 13.2 Å². The summed E-state index contributed by atoms with van der Waals surface area (Å²) in [6, 6.07) is 22.9. The summed E-state index contributed by atoms with van der Waals surface area (Å²) in [6.07, 6.45) is 1.01. The Labute approximate surface area is 190 Å². The van der Waals surface area contributed by atoms with E-state index in [1.807, 2.05) is 74.5 Å². The number of carbonyl (C=O) groups excluding carboxylic acids is 1. The van der Waals surface area contributed by atoms with E-state index in [4.69, 9.17) is 0 Å². The van der Waals surface area contributed by atoms with E-state index in [1.165, 1.54) is 4.31 Å². The third kappa shape index (κ3) is 4.61. The Balaban J connectivity index is 1.43. The fourth-order valence-electron chi connectivity index (χ4n) is 4.08. The lowest BCUT2D eigenvalue weighted by Crippen LogP contribution is -2.41. The lowest BCUT2D eigenvalue weighted by Gasteiger charge is -2.30. The van der Waals surface area contributed by atoms with E-state index in [1.54, 1.807) is 12.1 Å². The first kappa shape index (κ1) is 22.2. The molecule has 1 fully saturated rings. The lowest BCUT2D eigenvalue weighted by atomic mass is 9.96. The van der Waals surface area contributed by atoms with Gasteiger partial charge in [0.2, 0.25) is 15.9 Å². The van der Waals surface area contributed by atoms with Crippen LogP contribution in [0.25, 0.3) is 11.1 Å². The quantitative estimate of drug-likeness (QED) is 0.597. The van der Waals surface area contributed by atoms with Crippen molar-refractivity contribution in [1.82, 2.24) is 4.31 Å². The summed E-state index contributed by atoms with van der Waals surface area (Å²) in [5, 5.41) is 3.07. The molecule has 0 aliphatic carbocycles. The van der Waals surface area contributed by atoms with Gasteiger partial charge in [-0.15, -0.1) is 0 Å². The number of piperidine rings is 1. The Kier molecular flexibility index (Phi) is 6.44. The topological polar surface area (TPSA) is 66.5 Å². The Bertz CT molecular complexity index is 1210. The van der Waals surface area contributed by atoms with E-state index in [2.05, 4.69) is 5.32 Å². The van der Waals surface area contributed by atoms with Crippen molar-refractivity contribution in [3.63, 3.8) is 0 Å². The van der Waals surface area contributed by atoms with Crippen molar-refractivity contribution in [1.29, 1.82) is 0 Å². The minimum atomic E-state index is -3.55. The molecule has 1 saturated heterocycles. The predicted octanol–water partition coefficient (Wildman–Crippen LogP) is 5.01. The van der Waals surface area contributed by atoms with Gasteiger partial charge in [-0.2, -0.15) is 4.31 Å². The molecular formula is C26H28N2O3S. The van der Waals surface area contributed by atoms with E-state index >= 15 is 0 Å². The van der Waals surface area contributed by atoms with Crippen LogP contribution in [0.5, 0.6) is 0 Å². The maximum absolute atomic E-state index is 13.0. The van der Waals surface area contributed by atoms with E-state index in [0.717, 1.165) is 27.9 Å². The Morgan fingerprint density at radius 3 is 2.22 bits per heavy atom. The van der Waals surface area contributed by atoms with Crippen LogP contribution in [0.3, 0.4) is 0 Å². The molecule has 0 radical (unpaired) electrons. The van der Waals surface area contributed by atoms with Crippen molar-refractivity contribution in [2.45, 2.75) is 31.6 Å². The monoisotopic (exact) mass is 448 g/mol. The molecule has 1 N–H and O–H groups in total. The van der Waals surface area contributed by atoms with Crippen molar-refractivity contribution in [3.05, 3.63) is 83.9 Å². The molecule has 1 aliphatic heterocycles. The normalized spacial score (nSPS) is 15.4. The number of amides is 1. The predicted molar refractivity (Wildman–Crippen MR) is 128 cm³/mol. The summed E-state index contributed by atoms with van der Waals surface area (Å²) >= 11 is 0. The smallest absolute Gasteiger partial charge is 0.243 e. The molecule has 6 heteroatoms. The van der Waals surface area contributed by atoms with Gasteiger partial charge < -0.3 is 5.32 Å². The number of rotatable bonds is 5. The Morgan fingerprint density at radius 1 is 0.875 bits per heavy atom. The molecule has 32 heavy (non-hydrogen) atoms. The number of para-hydroxylation sites is 1. The molecule has 0 aromatic heterocycles. The van der Waals surface area contributed by atoms with Gasteiger partial charge >= 0.3 is 0 Å². The second kappa shape index (κ2) is 9.27. The average molecular weight is 449 g/mol. The van der Waals surface area contributed by atoms with Crippen LogP contribution in [0.15, 0.2) is 77.7 Å². The molecule has 0 bridgehead atoms. The summed E-state index contributed by atoms with van der Waals surface area (Å²) in [7, 11) is -3.55. The molecule has 3 aromatic carbocycles. The number of hydrogen-bond donors (Lipinski definition) is 1. The van der Waals surface area contributed by atoms with E-state index in [-0.39, 0.29) is 11.8 Å². The molecule has 0 saturated carbocycles. The van der Waals surface area contributed by atoms with Crippen LogP contribution in [0, 0.1) is 19.8 Å². The highest BCUT2D eigenvalue weighted by molar-refractivity contribution is 7.89. The van der Waals surface area contributed by atoms with Crippen LogP contribution in [-0.4, -0.2) is 31.7 Å². The Hall–Kier alpha value is -2.96. The van der Waals surface area contributed by atoms with Gasteiger partial charge in [-0.3, -0.25) is 4.79 Å². The number of benzene rings is 3. The maximum Gasteiger partial charge on any atom is 0.243 e. The van der Waals surface area contributed by atoms with Crippen LogP contribution in [-0.2, 0) is 14.8 Å². The average Bonchev–Trinajstić information content (AvgIpc) is 2.82. The summed E-state index contributed by atoms with van der Waals surface area (Å²) in [6.45, 7) is 4.56. The van der Waals surface area contributed by atoms with Gasteiger partial charge in [0.1, 0.15) is 0 Å². The lowest BCUT2D eigenvalue weighted by molar-refractivity contribution is -0.120. The molecule has 5 nitrogen and oxygen atoms in total. The zero-order valence-electron chi connectivity index (χ0n) is 18.4. The molecule has 4 rings (SSSR count). The minimum Gasteiger partial charge on any atom is -0.325 e. The summed E-state index contributed by atoms with van der Waals surface area (Å²) in [5.41, 5.74) is 4.80. The highest BCUT2D eigenvalue weighted by atomic mass is 32.2. The summed E-state index contributed by atoms with van der Waals surface area (Å²) in [5.74, 6) is -0.276. The van der Waals surface area contributed by atoms with E-state index < -0.39 is 10.0 Å². The third-order valence-electron chi connectivity index (χ3n) is 6.21. The van der Waals surface area contributed by atoms with Crippen molar-refractivity contribution < 1.29 is 13.2 Å². The van der Waals surface area contributed by atoms with Crippen molar-refractivity contribution in [3.8, 4) is 11.1 Å². The highest BCUT2D eigenvalue weighted by Gasteiger charge is 2.32. The van der Waals surface area contributed by atoms with Crippen molar-refractivity contribution in [2.24, 2.45) is 5.92 Å². The number of sulfonamides is 1. The minimum absolute atomic E-state index is 0.0587. The van der Waals surface area contributed by atoms with Crippen LogP contribution in [0.4, 0.5) is 5.69 Å². The molecule has 1 heterocycles. The summed E-state index contributed by atoms with van der Waals surface area (Å²) in [4.78, 5) is 13.3. The first-order valence-electron chi connectivity index (χ1n) is 10.9. The van der Waals surface area contributed by atoms with Crippen LogP contribution < -0.4 is 5.32 Å². The zero-order valence-corrected chi connectivity index (χ0v) is 19.2. The number of carbonyl (C=O) groups is 1. The molecular weight excluding hydrogens is 420 g/mol. The molecule has 3 aromatic rings. The fourth-order valence-corrected chi connectivity index (χ4v) is 5.63. The first-order valence-corrected chi connectivity index (χ1v) is 12.3. The number of nitrogens with zero attached hydrogens (tertiary/aromatic N) is 1. The van der Waals surface area contributed by atoms with E-state index in [0.29, 0.717) is 30.8 Å². The second-order valence-electron chi connectivity index (χ2n) is 8.33. The van der Waals surface area contributed by atoms with Gasteiger partial charge in [0.25, 0.3) is 0 Å². The van der Waals surface area contributed by atoms with Gasteiger partial charge in [-0.25, -0.2) is 8.42 Å². The highest BCUT2D eigenvalue weighted by Crippen LogP contribution is 2.30. The number of hydrogen-bond acceptors (Lipinski definition) is 3. The van der Waals surface area contributed by atoms with Gasteiger partial charge in [-0.1, -0.05) is 54.6 Å². The van der Waals surface area contributed by atoms with Gasteiger partial charge in [0.05, 0.1) is 4.90 Å². The van der Waals surface area contributed by atoms with Gasteiger partial charge in [-0.05, 0) is 61.6 Å². The number of aryl methyl sites for hydroxylation is 2. The fraction of sp³-hybridized carbons (Fsp3) is 0.269. The first-order chi connectivity index (χ1) is 15.4. The molecule has 0 spiro atoms. The molecule has 1 amide bonds. The summed E-state index contributed by atoms with van der Waals surface area (Å²) < 4.78 is 27.6. The van der Waals surface area contributed by atoms with Crippen molar-refractivity contribution in [2.75, 3.05) is 18.4 Å². The number of nitrogens with one attached hydrogen (secondary N) is 1. The van der Waals surface area contributed by atoms with Crippen LogP contribution in [0.1, 0.15) is 24.0 Å². The largest absolute Gasteiger partial charge is 0.325 e. The molecule has 1 aliphatic rings. The standard InChI is InChI=1S/C26H28N2O3S/c1-19-12-13-23(18-20(19)2)32(30,31)28-16-14-22(15-17-28)26(29)27-25-11-7-6-10-24(25)21-8-4-3-5-9-21/h3-13,18,22H,14-17H2,1-2H3,(H,27,29). The van der Waals surface area contributed by atoms with Crippen molar-refractivity contribution >= 4 is 21.6 Å². The van der Waals surface area contributed by atoms with Crippen LogP contribution in [0.2, 0.25) is 0 Å². The SMILES string of the molecule is Cc1ccc(S(=O)(=O)N2CCC(C(=O)Nc3ccccc3-c3ccccc3)CC2)cc1C. The van der Waals surface area contributed by atoms with Gasteiger partial charge in [0, 0.05) is 30.3 Å². The third-order valence-corrected chi connectivity index (χ3v) is 8.11. The molecule has 0 unspecified atom stereocenters. The maximum atomic E-state index is 13.0. The molecule has 166 valence electrons. The zero-order chi connectivity index (χ0) is 22.7.